The van der Waals surface area contributed by atoms with Crippen molar-refractivity contribution < 1.29 is 8.78 Å². The van der Waals surface area contributed by atoms with E-state index in [1.54, 1.807) is 10.9 Å². The summed E-state index contributed by atoms with van der Waals surface area (Å²) in [5.74, 6) is -0.307. The van der Waals surface area contributed by atoms with Gasteiger partial charge in [0.2, 0.25) is 5.95 Å². The fourth-order valence-electron chi connectivity index (χ4n) is 1.78. The molecule has 0 radical (unpaired) electrons. The molecule has 0 aliphatic carbocycles. The molecule has 0 aliphatic rings. The molecule has 0 unspecified atom stereocenters. The topological polar surface area (TPSA) is 47.7 Å². The molecule has 2 heterocycles. The molecule has 112 valence electrons. The molecule has 0 fully saturated rings. The number of rotatable bonds is 7. The molecule has 5 nitrogen and oxygen atoms in total. The van der Waals surface area contributed by atoms with E-state index in [-0.39, 0.29) is 24.9 Å². The van der Waals surface area contributed by atoms with E-state index in [1.165, 1.54) is 10.9 Å². The predicted molar refractivity (Wildman–Crippen MR) is 73.9 cm³/mol. The van der Waals surface area contributed by atoms with Crippen LogP contribution >= 0.6 is 12.4 Å². The summed E-state index contributed by atoms with van der Waals surface area (Å²) in [5, 5.41) is 11.2. The molecule has 0 amide bonds. The second-order valence-electron chi connectivity index (χ2n) is 4.14. The van der Waals surface area contributed by atoms with Crippen molar-refractivity contribution in [3.8, 4) is 0 Å². The minimum absolute atomic E-state index is 0. The first-order valence-electron chi connectivity index (χ1n) is 6.23. The summed E-state index contributed by atoms with van der Waals surface area (Å²) in [7, 11) is 0. The molecule has 0 aromatic carbocycles. The quantitative estimate of drug-likeness (QED) is 0.850. The lowest BCUT2D eigenvalue weighted by Gasteiger charge is -2.01. The Kier molecular flexibility index (Phi) is 6.60. The van der Waals surface area contributed by atoms with Crippen LogP contribution in [0.15, 0.2) is 18.5 Å². The SMILES string of the molecule is CCn1ncc(CNCc2ccn(CCF)n2)c1F.Cl. The predicted octanol–water partition coefficient (Wildman–Crippen LogP) is 1.92. The average Bonchev–Trinajstić information content (AvgIpc) is 2.98. The Labute approximate surface area is 122 Å². The zero-order chi connectivity index (χ0) is 13.7. The highest BCUT2D eigenvalue weighted by Gasteiger charge is 2.08. The minimum atomic E-state index is -0.435. The van der Waals surface area contributed by atoms with Crippen LogP contribution in [0, 0.1) is 5.95 Å². The van der Waals surface area contributed by atoms with Crippen molar-refractivity contribution in [2.24, 2.45) is 0 Å². The van der Waals surface area contributed by atoms with E-state index < -0.39 is 6.67 Å². The first kappa shape index (κ1) is 16.6. The van der Waals surface area contributed by atoms with Crippen LogP contribution in [-0.4, -0.2) is 26.2 Å². The van der Waals surface area contributed by atoms with Crippen molar-refractivity contribution >= 4 is 12.4 Å². The van der Waals surface area contributed by atoms with Crippen LogP contribution in [-0.2, 0) is 26.2 Å². The van der Waals surface area contributed by atoms with Gasteiger partial charge >= 0.3 is 0 Å². The van der Waals surface area contributed by atoms with Gasteiger partial charge in [0.1, 0.15) is 6.67 Å². The Bertz CT molecular complexity index is 526. The zero-order valence-corrected chi connectivity index (χ0v) is 12.0. The first-order valence-corrected chi connectivity index (χ1v) is 6.23. The Balaban J connectivity index is 0.00000200. The fourth-order valence-corrected chi connectivity index (χ4v) is 1.78. The molecule has 2 aromatic rings. The Hall–Kier alpha value is -1.47. The molecule has 0 bridgehead atoms. The molecule has 2 rings (SSSR count). The Morgan fingerprint density at radius 2 is 2.15 bits per heavy atom. The molecule has 20 heavy (non-hydrogen) atoms. The summed E-state index contributed by atoms with van der Waals surface area (Å²) in [5.41, 5.74) is 1.33. The van der Waals surface area contributed by atoms with Crippen molar-refractivity contribution in [2.45, 2.75) is 33.1 Å². The molecular formula is C12H18ClF2N5. The molecule has 1 N–H and O–H groups in total. The smallest absolute Gasteiger partial charge is 0.215 e. The molecule has 0 atom stereocenters. The van der Waals surface area contributed by atoms with Crippen LogP contribution in [0.1, 0.15) is 18.2 Å². The summed E-state index contributed by atoms with van der Waals surface area (Å²) in [6.07, 6.45) is 3.25. The van der Waals surface area contributed by atoms with Gasteiger partial charge in [0.25, 0.3) is 0 Å². The van der Waals surface area contributed by atoms with Crippen molar-refractivity contribution in [1.29, 1.82) is 0 Å². The number of nitrogens with zero attached hydrogens (tertiary/aromatic N) is 4. The molecule has 0 spiro atoms. The number of halogens is 3. The van der Waals surface area contributed by atoms with Gasteiger partial charge in [0.05, 0.1) is 18.4 Å². The number of alkyl halides is 1. The van der Waals surface area contributed by atoms with Gasteiger partial charge in [-0.25, -0.2) is 9.07 Å². The van der Waals surface area contributed by atoms with Crippen LogP contribution in [0.5, 0.6) is 0 Å². The zero-order valence-electron chi connectivity index (χ0n) is 11.2. The van der Waals surface area contributed by atoms with Crippen molar-refractivity contribution in [1.82, 2.24) is 24.9 Å². The van der Waals surface area contributed by atoms with Crippen LogP contribution in [0.4, 0.5) is 8.78 Å². The normalized spacial score (nSPS) is 10.6. The monoisotopic (exact) mass is 305 g/mol. The first-order chi connectivity index (χ1) is 9.24. The van der Waals surface area contributed by atoms with E-state index in [9.17, 15) is 8.78 Å². The lowest BCUT2D eigenvalue weighted by Crippen LogP contribution is -2.14. The van der Waals surface area contributed by atoms with E-state index in [4.69, 9.17) is 0 Å². The number of hydrogen-bond donors (Lipinski definition) is 1. The van der Waals surface area contributed by atoms with Gasteiger partial charge in [0, 0.05) is 31.4 Å². The van der Waals surface area contributed by atoms with Crippen molar-refractivity contribution in [3.63, 3.8) is 0 Å². The van der Waals surface area contributed by atoms with Gasteiger partial charge in [-0.15, -0.1) is 12.4 Å². The van der Waals surface area contributed by atoms with Crippen LogP contribution in [0.3, 0.4) is 0 Å². The third kappa shape index (κ3) is 4.01. The van der Waals surface area contributed by atoms with Crippen molar-refractivity contribution in [2.75, 3.05) is 6.67 Å². The van der Waals surface area contributed by atoms with Gasteiger partial charge in [-0.1, -0.05) is 0 Å². The third-order valence-electron chi connectivity index (χ3n) is 2.78. The second-order valence-corrected chi connectivity index (χ2v) is 4.14. The molecule has 0 aliphatic heterocycles. The summed E-state index contributed by atoms with van der Waals surface area (Å²) >= 11 is 0. The van der Waals surface area contributed by atoms with Crippen LogP contribution in [0.25, 0.3) is 0 Å². The van der Waals surface area contributed by atoms with E-state index in [2.05, 4.69) is 15.5 Å². The summed E-state index contributed by atoms with van der Waals surface area (Å²) < 4.78 is 28.6. The maximum Gasteiger partial charge on any atom is 0.215 e. The number of nitrogens with one attached hydrogen (secondary N) is 1. The number of aryl methyl sites for hydroxylation is 2. The second kappa shape index (κ2) is 7.96. The van der Waals surface area contributed by atoms with E-state index >= 15 is 0 Å². The molecule has 0 saturated heterocycles. The van der Waals surface area contributed by atoms with E-state index in [0.717, 1.165) is 5.69 Å². The summed E-state index contributed by atoms with van der Waals surface area (Å²) in [6.45, 7) is 3.08. The number of aromatic nitrogens is 4. The maximum absolute atomic E-state index is 13.7. The lowest BCUT2D eigenvalue weighted by molar-refractivity contribution is 0.425. The number of hydrogen-bond acceptors (Lipinski definition) is 3. The average molecular weight is 306 g/mol. The van der Waals surface area contributed by atoms with Gasteiger partial charge in [0.15, 0.2) is 0 Å². The molecule has 0 saturated carbocycles. The Morgan fingerprint density at radius 1 is 1.35 bits per heavy atom. The van der Waals surface area contributed by atoms with Crippen molar-refractivity contribution in [3.05, 3.63) is 35.7 Å². The standard InChI is InChI=1S/C12H17F2N5.ClH/c1-2-19-12(14)10(8-16-19)7-15-9-11-3-5-18(17-11)6-4-13;/h3,5,8,15H,2,4,6-7,9H2,1H3;1H. The minimum Gasteiger partial charge on any atom is -0.307 e. The van der Waals surface area contributed by atoms with Crippen LogP contribution in [0.2, 0.25) is 0 Å². The highest BCUT2D eigenvalue weighted by atomic mass is 35.5. The molecule has 8 heteroatoms. The summed E-state index contributed by atoms with van der Waals surface area (Å²) in [4.78, 5) is 0. The third-order valence-corrected chi connectivity index (χ3v) is 2.78. The summed E-state index contributed by atoms with van der Waals surface area (Å²) in [6, 6.07) is 1.81. The Morgan fingerprint density at radius 3 is 2.80 bits per heavy atom. The lowest BCUT2D eigenvalue weighted by atomic mass is 10.3. The molecular weight excluding hydrogens is 288 g/mol. The van der Waals surface area contributed by atoms with Gasteiger partial charge in [-0.3, -0.25) is 4.68 Å². The van der Waals surface area contributed by atoms with Gasteiger partial charge < -0.3 is 5.32 Å². The van der Waals surface area contributed by atoms with Gasteiger partial charge in [-0.2, -0.15) is 14.6 Å². The molecule has 2 aromatic heterocycles. The highest BCUT2D eigenvalue weighted by molar-refractivity contribution is 5.85. The maximum atomic E-state index is 13.7. The fraction of sp³-hybridized carbons (Fsp3) is 0.500. The van der Waals surface area contributed by atoms with E-state index in [0.29, 0.717) is 25.2 Å². The van der Waals surface area contributed by atoms with Crippen LogP contribution < -0.4 is 5.32 Å². The van der Waals surface area contributed by atoms with E-state index in [1.807, 2.05) is 13.0 Å². The van der Waals surface area contributed by atoms with Gasteiger partial charge in [-0.05, 0) is 13.0 Å². The largest absolute Gasteiger partial charge is 0.307 e. The highest BCUT2D eigenvalue weighted by Crippen LogP contribution is 2.06.